The molecular weight excluding hydrogens is 528 g/mol. The Hall–Kier alpha value is -4.98. The van der Waals surface area contributed by atoms with Crippen LogP contribution in [0.5, 0.6) is 0 Å². The molecule has 0 atom stereocenters. The summed E-state index contributed by atoms with van der Waals surface area (Å²) in [6.07, 6.45) is 4.73. The van der Waals surface area contributed by atoms with Crippen LogP contribution in [0.4, 0.5) is 0 Å². The van der Waals surface area contributed by atoms with Crippen LogP contribution in [0, 0.1) is 13.8 Å². The zero-order valence-electron chi connectivity index (χ0n) is 24.4. The Balaban J connectivity index is 1.91. The van der Waals surface area contributed by atoms with Crippen LogP contribution >= 0.6 is 0 Å². The van der Waals surface area contributed by atoms with Crippen molar-refractivity contribution in [3.63, 3.8) is 0 Å². The highest BCUT2D eigenvalue weighted by atomic mass is 16.5. The van der Waals surface area contributed by atoms with Crippen LogP contribution in [-0.2, 0) is 25.5 Å². The molecule has 0 spiro atoms. The summed E-state index contributed by atoms with van der Waals surface area (Å²) in [4.78, 5) is 39.0. The normalized spacial score (nSPS) is 12.9. The summed E-state index contributed by atoms with van der Waals surface area (Å²) >= 11 is 0. The smallest absolute Gasteiger partial charge is 0.293 e. The predicted octanol–water partition coefficient (Wildman–Crippen LogP) is 6.90. The van der Waals surface area contributed by atoms with E-state index in [0.717, 1.165) is 89.4 Å². The average molecular weight is 563 g/mol. The summed E-state index contributed by atoms with van der Waals surface area (Å²) in [6.45, 7) is 17.7. The molecule has 42 heavy (non-hydrogen) atoms. The van der Waals surface area contributed by atoms with Crippen LogP contribution in [-0.4, -0.2) is 46.1 Å². The number of carbonyl (C=O) groups excluding carboxylic acids is 2. The van der Waals surface area contributed by atoms with E-state index in [-0.39, 0.29) is 13.2 Å². The van der Waals surface area contributed by atoms with Gasteiger partial charge in [-0.1, -0.05) is 25.3 Å². The fourth-order valence-electron chi connectivity index (χ4n) is 5.72. The van der Waals surface area contributed by atoms with Crippen molar-refractivity contribution in [3.05, 3.63) is 88.5 Å². The third-order valence-electron chi connectivity index (χ3n) is 8.12. The number of hydrogen-bond acceptors (Lipinski definition) is 6. The van der Waals surface area contributed by atoms with Crippen molar-refractivity contribution < 1.29 is 19.1 Å². The number of fused-ring (bicyclic) bond motifs is 8. The van der Waals surface area contributed by atoms with Gasteiger partial charge in [-0.05, 0) is 85.4 Å². The van der Waals surface area contributed by atoms with E-state index in [9.17, 15) is 9.59 Å². The van der Waals surface area contributed by atoms with Gasteiger partial charge in [0.1, 0.15) is 0 Å². The van der Waals surface area contributed by atoms with Gasteiger partial charge in [-0.3, -0.25) is 9.59 Å². The van der Waals surface area contributed by atoms with Crippen molar-refractivity contribution in [2.24, 2.45) is 0 Å². The highest BCUT2D eigenvalue weighted by Gasteiger charge is 2.20. The second-order valence-electron chi connectivity index (χ2n) is 10.4. The fourth-order valence-corrected chi connectivity index (χ4v) is 5.72. The van der Waals surface area contributed by atoms with Gasteiger partial charge in [-0.15, -0.1) is 0 Å². The lowest BCUT2D eigenvalue weighted by molar-refractivity contribution is -0.129. The molecule has 0 unspecified atom stereocenters. The van der Waals surface area contributed by atoms with E-state index in [1.807, 2.05) is 44.2 Å². The number of allylic oxidation sites excluding steroid dienone is 4. The van der Waals surface area contributed by atoms with Crippen LogP contribution in [0.25, 0.3) is 50.4 Å². The molecule has 214 valence electrons. The summed E-state index contributed by atoms with van der Waals surface area (Å²) in [5.74, 6) is 0. The molecule has 0 saturated heterocycles. The Morgan fingerprint density at radius 3 is 1.95 bits per heavy atom. The Morgan fingerprint density at radius 1 is 0.690 bits per heavy atom. The molecule has 5 rings (SSSR count). The quantitative estimate of drug-likeness (QED) is 0.205. The zero-order chi connectivity index (χ0) is 30.0. The van der Waals surface area contributed by atoms with Crippen LogP contribution < -0.4 is 0 Å². The largest absolute Gasteiger partial charge is 0.468 e. The molecule has 2 aliphatic rings. The number of H-pyrrole nitrogens is 2. The Kier molecular flexibility index (Phi) is 8.06. The van der Waals surface area contributed by atoms with E-state index in [4.69, 9.17) is 19.4 Å². The number of nitrogens with zero attached hydrogens (tertiary/aromatic N) is 2. The zero-order valence-corrected chi connectivity index (χ0v) is 24.4. The summed E-state index contributed by atoms with van der Waals surface area (Å²) < 4.78 is 10.1. The number of carbonyl (C=O) groups is 2. The molecule has 3 aromatic rings. The van der Waals surface area contributed by atoms with E-state index in [1.165, 1.54) is 0 Å². The summed E-state index contributed by atoms with van der Waals surface area (Å²) in [7, 11) is 0. The number of nitrogens with one attached hydrogen (secondary N) is 2. The third kappa shape index (κ3) is 5.11. The summed E-state index contributed by atoms with van der Waals surface area (Å²) in [5, 5.41) is 0. The molecule has 8 nitrogen and oxygen atoms in total. The maximum atomic E-state index is 10.9. The molecule has 0 radical (unpaired) electrons. The van der Waals surface area contributed by atoms with E-state index in [2.05, 4.69) is 43.0 Å². The first-order valence-electron chi connectivity index (χ1n) is 13.8. The molecule has 0 amide bonds. The maximum Gasteiger partial charge on any atom is 0.293 e. The fraction of sp³-hybridized carbons (Fsp3) is 0.235. The first kappa shape index (κ1) is 28.5. The topological polar surface area (TPSA) is 110 Å². The number of aryl methyl sites for hydroxylation is 2. The molecule has 0 aromatic carbocycles. The monoisotopic (exact) mass is 562 g/mol. The van der Waals surface area contributed by atoms with Gasteiger partial charge in [-0.25, -0.2) is 9.97 Å². The number of ether oxygens (including phenoxy) is 2. The number of rotatable bonds is 10. The van der Waals surface area contributed by atoms with Gasteiger partial charge in [0.2, 0.25) is 0 Å². The van der Waals surface area contributed by atoms with Gasteiger partial charge >= 0.3 is 0 Å². The molecule has 8 heteroatoms. The van der Waals surface area contributed by atoms with Crippen molar-refractivity contribution in [2.45, 2.75) is 40.5 Å². The molecule has 0 fully saturated rings. The van der Waals surface area contributed by atoms with E-state index >= 15 is 0 Å². The molecule has 0 aliphatic carbocycles. The Morgan fingerprint density at radius 2 is 1.26 bits per heavy atom. The minimum absolute atomic E-state index is 0.245. The number of aromatic nitrogens is 4. The van der Waals surface area contributed by atoms with Crippen molar-refractivity contribution in [1.29, 1.82) is 0 Å². The first-order valence-corrected chi connectivity index (χ1v) is 13.8. The summed E-state index contributed by atoms with van der Waals surface area (Å²) in [5.41, 5.74) is 14.9. The van der Waals surface area contributed by atoms with Crippen molar-refractivity contribution in [3.8, 4) is 0 Å². The van der Waals surface area contributed by atoms with Gasteiger partial charge in [0.25, 0.3) is 12.9 Å². The lowest BCUT2D eigenvalue weighted by Crippen LogP contribution is -1.97. The SMILES string of the molecule is C=CC1=C(C)c2cc3[nH]c(cc4nc(cc5[nH]c(cc1n2)c(C)c5CCOC=O)C(CCOC=O)=C4C)c(C)c3C=C. The van der Waals surface area contributed by atoms with Crippen LogP contribution in [0.15, 0.2) is 43.5 Å². The third-order valence-corrected chi connectivity index (χ3v) is 8.12. The van der Waals surface area contributed by atoms with Crippen LogP contribution in [0.1, 0.15) is 65.3 Å². The lowest BCUT2D eigenvalue weighted by Gasteiger charge is -2.04. The standard InChI is InChI=1S/C34H34N4O4/c1-7-23-19(3)27-13-28-21(5)25(9-11-41-17-39)33(37-28)16-34-26(10-12-42-18-40)22(6)30(38-34)15-32-24(8-2)20(4)29(36-32)14-31(23)35-27/h7-8,13-18,35,38H,1-2,9-12H2,3-6H3. The first-order chi connectivity index (χ1) is 20.3. The number of aromatic amines is 2. The molecule has 0 saturated carbocycles. The Labute approximate surface area is 244 Å². The van der Waals surface area contributed by atoms with Gasteiger partial charge in [0, 0.05) is 46.0 Å². The van der Waals surface area contributed by atoms with Crippen molar-refractivity contribution in [1.82, 2.24) is 19.9 Å². The molecule has 2 N–H and O–H groups in total. The highest BCUT2D eigenvalue weighted by molar-refractivity contribution is 5.98. The van der Waals surface area contributed by atoms with Crippen LogP contribution in [0.2, 0.25) is 0 Å². The molecule has 8 bridgehead atoms. The molecule has 2 aliphatic heterocycles. The average Bonchev–Trinajstić information content (AvgIpc) is 3.63. The second-order valence-corrected chi connectivity index (χ2v) is 10.4. The highest BCUT2D eigenvalue weighted by Crippen LogP contribution is 2.36. The van der Waals surface area contributed by atoms with Gasteiger partial charge in [0.05, 0.1) is 36.0 Å². The van der Waals surface area contributed by atoms with Gasteiger partial charge in [-0.2, -0.15) is 0 Å². The number of hydrogen-bond donors (Lipinski definition) is 2. The summed E-state index contributed by atoms with van der Waals surface area (Å²) in [6, 6.07) is 8.15. The van der Waals surface area contributed by atoms with Crippen LogP contribution in [0.3, 0.4) is 0 Å². The molecular formula is C34H34N4O4. The maximum absolute atomic E-state index is 10.9. The van der Waals surface area contributed by atoms with E-state index in [0.29, 0.717) is 25.8 Å². The van der Waals surface area contributed by atoms with Gasteiger partial charge in [0.15, 0.2) is 0 Å². The molecule has 5 heterocycles. The predicted molar refractivity (Wildman–Crippen MR) is 168 cm³/mol. The lowest BCUT2D eigenvalue weighted by atomic mass is 10.0. The van der Waals surface area contributed by atoms with Crippen molar-refractivity contribution >= 4 is 63.4 Å². The van der Waals surface area contributed by atoms with E-state index < -0.39 is 0 Å². The van der Waals surface area contributed by atoms with Crippen molar-refractivity contribution in [2.75, 3.05) is 13.2 Å². The minimum atomic E-state index is 0.245. The minimum Gasteiger partial charge on any atom is -0.468 e. The molecule has 3 aromatic heterocycles. The van der Waals surface area contributed by atoms with Gasteiger partial charge < -0.3 is 19.4 Å². The Bertz CT molecular complexity index is 1850. The second kappa shape index (κ2) is 11.9. The van der Waals surface area contributed by atoms with E-state index in [1.54, 1.807) is 0 Å².